The lowest BCUT2D eigenvalue weighted by Crippen LogP contribution is -2.40. The number of carbonyl (C=O) groups is 1. The fraction of sp³-hybridized carbons (Fsp3) is 0.333. The average molecular weight is 433 g/mol. The minimum Gasteiger partial charge on any atom is -0.339 e. The number of halogens is 1. The summed E-state index contributed by atoms with van der Waals surface area (Å²) in [5.41, 5.74) is 1.59. The lowest BCUT2D eigenvalue weighted by Gasteiger charge is -2.32. The molecule has 8 heteroatoms. The van der Waals surface area contributed by atoms with E-state index in [4.69, 9.17) is 4.52 Å². The Morgan fingerprint density at radius 3 is 3.15 bits per heavy atom. The normalized spacial score (nSPS) is 17.4. The largest absolute Gasteiger partial charge is 0.339 e. The number of aromatic nitrogens is 3. The Bertz CT molecular complexity index is 896. The number of rotatable bonds is 4. The van der Waals surface area contributed by atoms with Crippen LogP contribution in [0.25, 0.3) is 11.4 Å². The predicted molar refractivity (Wildman–Crippen MR) is 102 cm³/mol. The summed E-state index contributed by atoms with van der Waals surface area (Å²) in [4.78, 5) is 23.2. The Kier molecular flexibility index (Phi) is 5.12. The third kappa shape index (κ3) is 3.86. The van der Waals surface area contributed by atoms with E-state index < -0.39 is 0 Å². The fourth-order valence-electron chi connectivity index (χ4n) is 3.22. The van der Waals surface area contributed by atoms with E-state index in [0.29, 0.717) is 36.2 Å². The van der Waals surface area contributed by atoms with Gasteiger partial charge in [-0.2, -0.15) is 16.3 Å². The Morgan fingerprint density at radius 1 is 1.42 bits per heavy atom. The summed E-state index contributed by atoms with van der Waals surface area (Å²) >= 11 is 4.98. The summed E-state index contributed by atoms with van der Waals surface area (Å²) in [5.74, 6) is 1.61. The minimum atomic E-state index is 0.0213. The molecule has 3 aromatic rings. The second kappa shape index (κ2) is 7.67. The molecule has 4 heterocycles. The van der Waals surface area contributed by atoms with E-state index in [1.807, 2.05) is 27.8 Å². The molecule has 3 aromatic heterocycles. The van der Waals surface area contributed by atoms with Crippen LogP contribution < -0.4 is 0 Å². The van der Waals surface area contributed by atoms with E-state index in [9.17, 15) is 4.79 Å². The van der Waals surface area contributed by atoms with Gasteiger partial charge >= 0.3 is 0 Å². The van der Waals surface area contributed by atoms with Gasteiger partial charge in [0.2, 0.25) is 11.7 Å². The SMILES string of the molecule is O=C(c1cncc(Br)c1)N1CCCC(Cc2nc(-c3ccsc3)no2)C1. The highest BCUT2D eigenvalue weighted by atomic mass is 79.9. The number of thiophene rings is 1. The van der Waals surface area contributed by atoms with Crippen LogP contribution >= 0.6 is 27.3 Å². The van der Waals surface area contributed by atoms with Gasteiger partial charge in [0.25, 0.3) is 5.91 Å². The van der Waals surface area contributed by atoms with Crippen LogP contribution in [0.15, 0.2) is 44.3 Å². The highest BCUT2D eigenvalue weighted by Gasteiger charge is 2.26. The van der Waals surface area contributed by atoms with Crippen LogP contribution in [0, 0.1) is 5.92 Å². The van der Waals surface area contributed by atoms with E-state index in [1.165, 1.54) is 0 Å². The number of hydrogen-bond donors (Lipinski definition) is 0. The molecule has 134 valence electrons. The Balaban J connectivity index is 1.41. The molecule has 1 aliphatic heterocycles. The van der Waals surface area contributed by atoms with Gasteiger partial charge in [0.15, 0.2) is 0 Å². The Labute approximate surface area is 163 Å². The predicted octanol–water partition coefficient (Wildman–Crippen LogP) is 4.05. The zero-order valence-corrected chi connectivity index (χ0v) is 16.4. The molecule has 0 aliphatic carbocycles. The molecule has 1 atom stereocenters. The molecule has 0 spiro atoms. The van der Waals surface area contributed by atoms with Crippen LogP contribution in [0.2, 0.25) is 0 Å². The third-order valence-corrected chi connectivity index (χ3v) is 5.59. The molecule has 1 amide bonds. The van der Waals surface area contributed by atoms with Crippen molar-refractivity contribution in [1.82, 2.24) is 20.0 Å². The number of nitrogens with zero attached hydrogens (tertiary/aromatic N) is 4. The van der Waals surface area contributed by atoms with Crippen LogP contribution in [-0.4, -0.2) is 39.0 Å². The summed E-state index contributed by atoms with van der Waals surface area (Å²) < 4.78 is 6.22. The van der Waals surface area contributed by atoms with Crippen LogP contribution in [0.3, 0.4) is 0 Å². The first-order valence-corrected chi connectivity index (χ1v) is 10.2. The van der Waals surface area contributed by atoms with Crippen molar-refractivity contribution in [3.63, 3.8) is 0 Å². The summed E-state index contributed by atoms with van der Waals surface area (Å²) in [7, 11) is 0. The number of carbonyl (C=O) groups excluding carboxylic acids is 1. The maximum absolute atomic E-state index is 12.7. The lowest BCUT2D eigenvalue weighted by molar-refractivity contribution is 0.0667. The van der Waals surface area contributed by atoms with Gasteiger partial charge in [0.1, 0.15) is 0 Å². The summed E-state index contributed by atoms with van der Waals surface area (Å²) in [6, 6.07) is 3.79. The average Bonchev–Trinajstić information content (AvgIpc) is 3.33. The van der Waals surface area contributed by atoms with E-state index in [-0.39, 0.29) is 5.91 Å². The van der Waals surface area contributed by atoms with Crippen molar-refractivity contribution < 1.29 is 9.32 Å². The van der Waals surface area contributed by atoms with Gasteiger partial charge in [-0.05, 0) is 52.2 Å². The van der Waals surface area contributed by atoms with E-state index in [0.717, 1.165) is 29.4 Å². The third-order valence-electron chi connectivity index (χ3n) is 4.47. The van der Waals surface area contributed by atoms with Crippen LogP contribution in [0.5, 0.6) is 0 Å². The Hall–Kier alpha value is -2.06. The molecule has 0 radical (unpaired) electrons. The highest BCUT2D eigenvalue weighted by Crippen LogP contribution is 2.24. The van der Waals surface area contributed by atoms with Crippen molar-refractivity contribution in [2.24, 2.45) is 5.92 Å². The molecule has 1 aliphatic rings. The van der Waals surface area contributed by atoms with Crippen LogP contribution in [-0.2, 0) is 6.42 Å². The van der Waals surface area contributed by atoms with Crippen LogP contribution in [0.1, 0.15) is 29.1 Å². The molecule has 1 unspecified atom stereocenters. The van der Waals surface area contributed by atoms with Crippen molar-refractivity contribution in [3.05, 3.63) is 51.2 Å². The van der Waals surface area contributed by atoms with Gasteiger partial charge in [-0.1, -0.05) is 5.16 Å². The molecule has 4 rings (SSSR count). The number of pyridine rings is 1. The monoisotopic (exact) mass is 432 g/mol. The number of likely N-dealkylation sites (tertiary alicyclic amines) is 1. The maximum Gasteiger partial charge on any atom is 0.255 e. The van der Waals surface area contributed by atoms with Gasteiger partial charge in [-0.25, -0.2) is 0 Å². The first-order valence-electron chi connectivity index (χ1n) is 8.44. The van der Waals surface area contributed by atoms with Crippen LogP contribution in [0.4, 0.5) is 0 Å². The molecule has 1 saturated heterocycles. The first-order chi connectivity index (χ1) is 12.7. The van der Waals surface area contributed by atoms with Crippen molar-refractivity contribution in [3.8, 4) is 11.4 Å². The van der Waals surface area contributed by atoms with Gasteiger partial charge in [-0.15, -0.1) is 0 Å². The second-order valence-corrected chi connectivity index (χ2v) is 8.07. The van der Waals surface area contributed by atoms with E-state index in [2.05, 4.69) is 31.1 Å². The molecule has 6 nitrogen and oxygen atoms in total. The Morgan fingerprint density at radius 2 is 2.35 bits per heavy atom. The summed E-state index contributed by atoms with van der Waals surface area (Å²) in [6.07, 6.45) is 6.01. The van der Waals surface area contributed by atoms with Gasteiger partial charge in [-0.3, -0.25) is 9.78 Å². The topological polar surface area (TPSA) is 72.1 Å². The molecular formula is C18H17BrN4O2S. The smallest absolute Gasteiger partial charge is 0.255 e. The zero-order chi connectivity index (χ0) is 17.9. The zero-order valence-electron chi connectivity index (χ0n) is 14.0. The second-order valence-electron chi connectivity index (χ2n) is 6.38. The minimum absolute atomic E-state index is 0.0213. The van der Waals surface area contributed by atoms with Crippen molar-refractivity contribution >= 4 is 33.2 Å². The van der Waals surface area contributed by atoms with Gasteiger partial charge < -0.3 is 9.42 Å². The van der Waals surface area contributed by atoms with Gasteiger partial charge in [0, 0.05) is 47.3 Å². The molecule has 0 saturated carbocycles. The highest BCUT2D eigenvalue weighted by molar-refractivity contribution is 9.10. The summed E-state index contributed by atoms with van der Waals surface area (Å²) in [6.45, 7) is 1.47. The number of hydrogen-bond acceptors (Lipinski definition) is 6. The fourth-order valence-corrected chi connectivity index (χ4v) is 4.22. The van der Waals surface area contributed by atoms with E-state index in [1.54, 1.807) is 23.7 Å². The van der Waals surface area contributed by atoms with Gasteiger partial charge in [0.05, 0.1) is 5.56 Å². The number of piperidine rings is 1. The molecule has 26 heavy (non-hydrogen) atoms. The number of amides is 1. The molecular weight excluding hydrogens is 416 g/mol. The molecule has 1 fully saturated rings. The van der Waals surface area contributed by atoms with E-state index >= 15 is 0 Å². The standard InChI is InChI=1S/C18H17BrN4O2S/c19-15-7-14(8-20-9-15)18(24)23-4-1-2-12(10-23)6-16-21-17(22-25-16)13-3-5-26-11-13/h3,5,7-9,11-12H,1-2,4,6,10H2. The van der Waals surface area contributed by atoms with Crippen molar-refractivity contribution in [1.29, 1.82) is 0 Å². The quantitative estimate of drug-likeness (QED) is 0.621. The molecule has 0 bridgehead atoms. The first kappa shape index (κ1) is 17.4. The maximum atomic E-state index is 12.7. The van der Waals surface area contributed by atoms with Crippen molar-refractivity contribution in [2.45, 2.75) is 19.3 Å². The summed E-state index contributed by atoms with van der Waals surface area (Å²) in [5, 5.41) is 8.06. The molecule has 0 aromatic carbocycles. The lowest BCUT2D eigenvalue weighted by atomic mass is 9.94. The van der Waals surface area contributed by atoms with Crippen molar-refractivity contribution in [2.75, 3.05) is 13.1 Å². The molecule has 0 N–H and O–H groups in total.